The molecular weight excluding hydrogens is 364 g/mol. The fourth-order valence-corrected chi connectivity index (χ4v) is 5.21. The molecule has 2 nitrogen and oxygen atoms in total. The van der Waals surface area contributed by atoms with Gasteiger partial charge in [-0.1, -0.05) is 58.0 Å². The number of carboxylic acid groups (broad SMARTS) is 1. The third-order valence-electron chi connectivity index (χ3n) is 6.22. The summed E-state index contributed by atoms with van der Waals surface area (Å²) in [5.74, 6) is -0.891. The van der Waals surface area contributed by atoms with Crippen molar-refractivity contribution in [2.24, 2.45) is 0 Å². The van der Waals surface area contributed by atoms with E-state index in [0.717, 1.165) is 5.56 Å². The summed E-state index contributed by atoms with van der Waals surface area (Å²) < 4.78 is 0. The highest BCUT2D eigenvalue weighted by Crippen LogP contribution is 2.47. The second kappa shape index (κ2) is 6.59. The molecule has 1 aliphatic rings. The zero-order valence-corrected chi connectivity index (χ0v) is 17.7. The molecule has 4 rings (SSSR count). The average Bonchev–Trinajstić information content (AvgIpc) is 3.15. The number of benzene rings is 2. The van der Waals surface area contributed by atoms with Gasteiger partial charge in [-0.2, -0.15) is 0 Å². The zero-order chi connectivity index (χ0) is 20.1. The van der Waals surface area contributed by atoms with Crippen LogP contribution in [-0.4, -0.2) is 11.1 Å². The lowest BCUT2D eigenvalue weighted by Crippen LogP contribution is -2.33. The van der Waals surface area contributed by atoms with E-state index in [2.05, 4.69) is 57.3 Å². The number of hydrogen-bond acceptors (Lipinski definition) is 2. The minimum absolute atomic E-state index is 0.181. The number of thiophene rings is 1. The topological polar surface area (TPSA) is 37.3 Å². The number of hydrogen-bond donors (Lipinski definition) is 1. The first-order valence-electron chi connectivity index (χ1n) is 9.76. The third kappa shape index (κ3) is 3.18. The lowest BCUT2D eigenvalue weighted by atomic mass is 9.63. The lowest BCUT2D eigenvalue weighted by Gasteiger charge is -2.42. The fourth-order valence-electron chi connectivity index (χ4n) is 4.28. The van der Waals surface area contributed by atoms with Crippen LogP contribution >= 0.6 is 11.3 Å². The van der Waals surface area contributed by atoms with Crippen LogP contribution in [0.2, 0.25) is 0 Å². The SMILES string of the molecule is CC1(C)CCC(C)(C)c2cc(-c3ccsc3-c3ccc(C(=O)O)cc3)ccc21. The van der Waals surface area contributed by atoms with E-state index in [9.17, 15) is 4.79 Å². The van der Waals surface area contributed by atoms with Crippen molar-refractivity contribution >= 4 is 17.3 Å². The fraction of sp³-hybridized carbons (Fsp3) is 0.320. The van der Waals surface area contributed by atoms with Crippen LogP contribution in [0.25, 0.3) is 21.6 Å². The van der Waals surface area contributed by atoms with Crippen molar-refractivity contribution in [3.63, 3.8) is 0 Å². The molecule has 0 bridgehead atoms. The average molecular weight is 391 g/mol. The van der Waals surface area contributed by atoms with Gasteiger partial charge in [0.15, 0.2) is 0 Å². The molecule has 3 heteroatoms. The largest absolute Gasteiger partial charge is 0.478 e. The molecule has 144 valence electrons. The number of rotatable bonds is 3. The van der Waals surface area contributed by atoms with Crippen LogP contribution < -0.4 is 0 Å². The van der Waals surface area contributed by atoms with E-state index in [1.54, 1.807) is 23.5 Å². The van der Waals surface area contributed by atoms with E-state index in [-0.39, 0.29) is 10.8 Å². The summed E-state index contributed by atoms with van der Waals surface area (Å²) in [6.07, 6.45) is 2.41. The van der Waals surface area contributed by atoms with Crippen LogP contribution in [0.1, 0.15) is 62.0 Å². The molecule has 1 heterocycles. The maximum atomic E-state index is 11.1. The van der Waals surface area contributed by atoms with Gasteiger partial charge in [-0.3, -0.25) is 0 Å². The Hall–Kier alpha value is -2.39. The number of fused-ring (bicyclic) bond motifs is 1. The van der Waals surface area contributed by atoms with E-state index in [1.165, 1.54) is 40.0 Å². The molecule has 28 heavy (non-hydrogen) atoms. The molecule has 0 saturated heterocycles. The lowest BCUT2D eigenvalue weighted by molar-refractivity contribution is 0.0697. The summed E-state index contributed by atoms with van der Waals surface area (Å²) in [4.78, 5) is 12.3. The molecule has 1 aromatic heterocycles. The Morgan fingerprint density at radius 1 is 0.857 bits per heavy atom. The van der Waals surface area contributed by atoms with Gasteiger partial charge in [0.2, 0.25) is 0 Å². The van der Waals surface area contributed by atoms with E-state index in [1.807, 2.05) is 12.1 Å². The van der Waals surface area contributed by atoms with Crippen molar-refractivity contribution in [2.75, 3.05) is 0 Å². The van der Waals surface area contributed by atoms with Gasteiger partial charge in [-0.05, 0) is 69.5 Å². The Kier molecular flexibility index (Phi) is 4.46. The Bertz CT molecular complexity index is 1040. The molecule has 0 aliphatic heterocycles. The predicted octanol–water partition coefficient (Wildman–Crippen LogP) is 7.13. The number of aromatic carboxylic acids is 1. The molecule has 2 aromatic carbocycles. The van der Waals surface area contributed by atoms with Crippen LogP contribution in [-0.2, 0) is 10.8 Å². The second-order valence-corrected chi connectivity index (χ2v) is 9.99. The monoisotopic (exact) mass is 390 g/mol. The van der Waals surface area contributed by atoms with Gasteiger partial charge in [0.05, 0.1) is 5.56 Å². The van der Waals surface area contributed by atoms with Gasteiger partial charge >= 0.3 is 5.97 Å². The Labute approximate surface area is 170 Å². The van der Waals surface area contributed by atoms with Gasteiger partial charge in [-0.15, -0.1) is 11.3 Å². The maximum Gasteiger partial charge on any atom is 0.335 e. The normalized spacial score (nSPS) is 17.1. The van der Waals surface area contributed by atoms with Gasteiger partial charge in [-0.25, -0.2) is 4.79 Å². The molecule has 0 saturated carbocycles. The van der Waals surface area contributed by atoms with Gasteiger partial charge in [0.25, 0.3) is 0 Å². The van der Waals surface area contributed by atoms with Crippen LogP contribution in [0, 0.1) is 0 Å². The van der Waals surface area contributed by atoms with E-state index >= 15 is 0 Å². The first-order valence-corrected chi connectivity index (χ1v) is 10.6. The second-order valence-electron chi connectivity index (χ2n) is 9.07. The predicted molar refractivity (Wildman–Crippen MR) is 117 cm³/mol. The third-order valence-corrected chi connectivity index (χ3v) is 7.19. The Balaban J connectivity index is 1.80. The first-order chi connectivity index (χ1) is 13.2. The summed E-state index contributed by atoms with van der Waals surface area (Å²) in [6.45, 7) is 9.40. The Morgan fingerprint density at radius 2 is 1.46 bits per heavy atom. The standard InChI is InChI=1S/C25H26O2S/c1-24(2)12-13-25(3,4)21-15-18(9-10-20(21)24)19-11-14-28-22(19)16-5-7-17(8-6-16)23(26)27/h5-11,14-15H,12-13H2,1-4H3,(H,26,27). The van der Waals surface area contributed by atoms with Crippen molar-refractivity contribution in [3.05, 3.63) is 70.6 Å². The molecule has 0 atom stereocenters. The molecule has 1 N–H and O–H groups in total. The van der Waals surface area contributed by atoms with Crippen molar-refractivity contribution in [2.45, 2.75) is 51.4 Å². The van der Waals surface area contributed by atoms with E-state index in [0.29, 0.717) is 5.56 Å². The Morgan fingerprint density at radius 3 is 2.11 bits per heavy atom. The highest BCUT2D eigenvalue weighted by Gasteiger charge is 2.37. The zero-order valence-electron chi connectivity index (χ0n) is 16.9. The highest BCUT2D eigenvalue weighted by molar-refractivity contribution is 7.14. The molecule has 0 fully saturated rings. The minimum atomic E-state index is -0.891. The first kappa shape index (κ1) is 18.9. The molecular formula is C25H26O2S. The summed E-state index contributed by atoms with van der Waals surface area (Å²) in [7, 11) is 0. The van der Waals surface area contributed by atoms with Crippen LogP contribution in [0.4, 0.5) is 0 Å². The molecule has 0 spiro atoms. The number of carbonyl (C=O) groups is 1. The van der Waals surface area contributed by atoms with Crippen LogP contribution in [0.5, 0.6) is 0 Å². The smallest absolute Gasteiger partial charge is 0.335 e. The highest BCUT2D eigenvalue weighted by atomic mass is 32.1. The van der Waals surface area contributed by atoms with Crippen molar-refractivity contribution in [1.82, 2.24) is 0 Å². The molecule has 0 radical (unpaired) electrons. The quantitative estimate of drug-likeness (QED) is 0.516. The summed E-state index contributed by atoms with van der Waals surface area (Å²) in [5.41, 5.74) is 7.16. The van der Waals surface area contributed by atoms with Gasteiger partial charge in [0, 0.05) is 10.4 Å². The molecule has 0 unspecified atom stereocenters. The minimum Gasteiger partial charge on any atom is -0.478 e. The van der Waals surface area contributed by atoms with Crippen molar-refractivity contribution in [1.29, 1.82) is 0 Å². The maximum absolute atomic E-state index is 11.1. The summed E-state index contributed by atoms with van der Waals surface area (Å²) >= 11 is 1.70. The van der Waals surface area contributed by atoms with Crippen molar-refractivity contribution < 1.29 is 9.90 Å². The van der Waals surface area contributed by atoms with Crippen molar-refractivity contribution in [3.8, 4) is 21.6 Å². The van der Waals surface area contributed by atoms with Gasteiger partial charge in [0.1, 0.15) is 0 Å². The molecule has 1 aliphatic carbocycles. The van der Waals surface area contributed by atoms with E-state index in [4.69, 9.17) is 5.11 Å². The van der Waals surface area contributed by atoms with E-state index < -0.39 is 5.97 Å². The number of carboxylic acids is 1. The van der Waals surface area contributed by atoms with Crippen LogP contribution in [0.15, 0.2) is 53.9 Å². The molecule has 3 aromatic rings. The summed E-state index contributed by atoms with van der Waals surface area (Å²) in [6, 6.07) is 16.3. The van der Waals surface area contributed by atoms with Gasteiger partial charge < -0.3 is 5.11 Å². The molecule has 0 amide bonds. The van der Waals surface area contributed by atoms with Crippen LogP contribution in [0.3, 0.4) is 0 Å². The summed E-state index contributed by atoms with van der Waals surface area (Å²) in [5, 5.41) is 11.3.